The highest BCUT2D eigenvalue weighted by atomic mass is 35.5. The number of imidazole rings is 1. The molecular formula is C24H23ClF2N4O5S. The molecule has 4 rings (SSSR count). The smallest absolute Gasteiger partial charge is 0.394 e. The summed E-state index contributed by atoms with van der Waals surface area (Å²) in [5, 5.41) is 9.65. The molecule has 1 unspecified atom stereocenters. The zero-order valence-electron chi connectivity index (χ0n) is 19.9. The average Bonchev–Trinajstić information content (AvgIpc) is 3.22. The van der Waals surface area contributed by atoms with E-state index in [4.69, 9.17) is 11.6 Å². The Morgan fingerprint density at radius 3 is 2.49 bits per heavy atom. The van der Waals surface area contributed by atoms with Gasteiger partial charge in [-0.05, 0) is 42.3 Å². The third-order valence-corrected chi connectivity index (χ3v) is 7.05. The molecule has 9 nitrogen and oxygen atoms in total. The van der Waals surface area contributed by atoms with Crippen LogP contribution in [0.15, 0.2) is 68.2 Å². The first-order valence-electron chi connectivity index (χ1n) is 11.1. The first-order valence-corrected chi connectivity index (χ1v) is 12.7. The monoisotopic (exact) mass is 552 g/mol. The molecule has 0 bridgehead atoms. The van der Waals surface area contributed by atoms with Crippen LogP contribution in [0.5, 0.6) is 5.75 Å². The van der Waals surface area contributed by atoms with Gasteiger partial charge >= 0.3 is 11.8 Å². The lowest BCUT2D eigenvalue weighted by Gasteiger charge is -2.14. The number of hydrogen-bond acceptors (Lipinski definition) is 6. The molecule has 0 aliphatic heterocycles. The molecule has 0 aliphatic carbocycles. The van der Waals surface area contributed by atoms with Gasteiger partial charge in [0.2, 0.25) is 5.16 Å². The van der Waals surface area contributed by atoms with E-state index in [0.717, 1.165) is 4.57 Å². The van der Waals surface area contributed by atoms with Gasteiger partial charge in [0.1, 0.15) is 16.5 Å². The number of halogens is 3. The van der Waals surface area contributed by atoms with Gasteiger partial charge in [0.25, 0.3) is 5.56 Å². The summed E-state index contributed by atoms with van der Waals surface area (Å²) in [5.74, 6) is -0.197. The van der Waals surface area contributed by atoms with Crippen LogP contribution >= 0.6 is 11.6 Å². The number of benzene rings is 2. The van der Waals surface area contributed by atoms with E-state index >= 15 is 0 Å². The van der Waals surface area contributed by atoms with Crippen molar-refractivity contribution in [2.24, 2.45) is 7.05 Å². The SMILES string of the molecule is Cn1c(=O)n(CCCO)c(=O)c2c1nc(S(=O)c1cccc(OC(C)(F)F)c1)n2Cc1ccc(Cl)cc1. The molecule has 2 heterocycles. The van der Waals surface area contributed by atoms with Gasteiger partial charge in [0.15, 0.2) is 11.2 Å². The quantitative estimate of drug-likeness (QED) is 0.342. The number of fused-ring (bicyclic) bond motifs is 1. The second-order valence-corrected chi connectivity index (χ2v) is 10.1. The molecule has 1 N–H and O–H groups in total. The Bertz CT molecular complexity index is 1590. The Kier molecular flexibility index (Phi) is 7.62. The Morgan fingerprint density at radius 2 is 1.84 bits per heavy atom. The van der Waals surface area contributed by atoms with Crippen molar-refractivity contribution < 1.29 is 22.8 Å². The van der Waals surface area contributed by atoms with Crippen molar-refractivity contribution in [3.8, 4) is 5.75 Å². The fourth-order valence-electron chi connectivity index (χ4n) is 3.80. The molecule has 0 fully saturated rings. The fraction of sp³-hybridized carbons (Fsp3) is 0.292. The van der Waals surface area contributed by atoms with Crippen molar-refractivity contribution in [1.82, 2.24) is 18.7 Å². The van der Waals surface area contributed by atoms with E-state index in [2.05, 4.69) is 9.72 Å². The molecule has 0 amide bonds. The molecule has 37 heavy (non-hydrogen) atoms. The molecule has 0 aliphatic rings. The van der Waals surface area contributed by atoms with Gasteiger partial charge in [-0.3, -0.25) is 13.9 Å². The van der Waals surface area contributed by atoms with Crippen molar-refractivity contribution in [1.29, 1.82) is 0 Å². The van der Waals surface area contributed by atoms with Crippen LogP contribution in [0.3, 0.4) is 0 Å². The highest BCUT2D eigenvalue weighted by Gasteiger charge is 2.26. The number of hydrogen-bond donors (Lipinski definition) is 1. The van der Waals surface area contributed by atoms with Crippen LogP contribution in [-0.4, -0.2) is 40.7 Å². The molecule has 1 atom stereocenters. The van der Waals surface area contributed by atoms with Crippen molar-refractivity contribution in [3.05, 3.63) is 80.0 Å². The lowest BCUT2D eigenvalue weighted by Crippen LogP contribution is -2.40. The summed E-state index contributed by atoms with van der Waals surface area (Å²) < 4.78 is 48.7. The van der Waals surface area contributed by atoms with Crippen LogP contribution in [0, 0.1) is 0 Å². The van der Waals surface area contributed by atoms with Gasteiger partial charge < -0.3 is 14.4 Å². The highest BCUT2D eigenvalue weighted by molar-refractivity contribution is 7.85. The molecule has 196 valence electrons. The Labute approximate surface area is 217 Å². The summed E-state index contributed by atoms with van der Waals surface area (Å²) in [7, 11) is -0.611. The Morgan fingerprint density at radius 1 is 1.14 bits per heavy atom. The van der Waals surface area contributed by atoms with Crippen LogP contribution in [0.1, 0.15) is 18.9 Å². The molecule has 0 saturated carbocycles. The van der Waals surface area contributed by atoms with Crippen LogP contribution in [0.25, 0.3) is 11.2 Å². The van der Waals surface area contributed by atoms with E-state index in [9.17, 15) is 27.7 Å². The summed E-state index contributed by atoms with van der Waals surface area (Å²) in [6, 6.07) is 12.2. The molecule has 2 aromatic carbocycles. The third kappa shape index (κ3) is 5.65. The second-order valence-electron chi connectivity index (χ2n) is 8.31. The number of rotatable bonds is 9. The minimum Gasteiger partial charge on any atom is -0.433 e. The molecule has 0 spiro atoms. The lowest BCUT2D eigenvalue weighted by molar-refractivity contribution is -0.159. The van der Waals surface area contributed by atoms with E-state index in [1.807, 2.05) is 0 Å². The number of aliphatic hydroxyl groups is 1. The van der Waals surface area contributed by atoms with Crippen molar-refractivity contribution >= 4 is 33.6 Å². The molecular weight excluding hydrogens is 530 g/mol. The molecule has 13 heteroatoms. The van der Waals surface area contributed by atoms with E-state index in [-0.39, 0.29) is 53.1 Å². The van der Waals surface area contributed by atoms with Crippen LogP contribution in [-0.2, 0) is 30.9 Å². The predicted octanol–water partition coefficient (Wildman–Crippen LogP) is 3.14. The maximum Gasteiger partial charge on any atom is 0.394 e. The number of alkyl halides is 2. The van der Waals surface area contributed by atoms with Gasteiger partial charge in [-0.1, -0.05) is 29.8 Å². The fourth-order valence-corrected chi connectivity index (χ4v) is 5.09. The molecule has 0 saturated heterocycles. The number of nitrogens with zero attached hydrogens (tertiary/aromatic N) is 4. The van der Waals surface area contributed by atoms with Gasteiger partial charge in [0.05, 0.1) is 11.4 Å². The van der Waals surface area contributed by atoms with E-state index in [1.165, 1.54) is 40.4 Å². The van der Waals surface area contributed by atoms with Crippen LogP contribution in [0.4, 0.5) is 8.78 Å². The standard InChI is InChI=1S/C24H23ClF2N4O5S/c1-24(26,27)36-17-5-3-6-18(13-17)37(35)22-28-20-19(31(22)14-15-7-9-16(25)10-8-15)21(33)30(11-4-12-32)23(34)29(20)2/h3,5-10,13,32H,4,11-12,14H2,1-2H3. The maximum atomic E-state index is 13.7. The normalized spacial score (nSPS) is 12.7. The van der Waals surface area contributed by atoms with Crippen LogP contribution < -0.4 is 16.0 Å². The number of aliphatic hydroxyl groups excluding tert-OH is 1. The zero-order valence-corrected chi connectivity index (χ0v) is 21.4. The third-order valence-electron chi connectivity index (χ3n) is 5.47. The summed E-state index contributed by atoms with van der Waals surface area (Å²) in [4.78, 5) is 30.8. The molecule has 0 radical (unpaired) electrons. The van der Waals surface area contributed by atoms with Crippen LogP contribution in [0.2, 0.25) is 5.02 Å². The summed E-state index contributed by atoms with van der Waals surface area (Å²) >= 11 is 6.00. The molecule has 2 aromatic heterocycles. The minimum atomic E-state index is -3.44. The Balaban J connectivity index is 1.93. The largest absolute Gasteiger partial charge is 0.433 e. The predicted molar refractivity (Wildman–Crippen MR) is 134 cm³/mol. The first-order chi connectivity index (χ1) is 17.5. The topological polar surface area (TPSA) is 108 Å². The number of aryl methyl sites for hydroxylation is 1. The Hall–Kier alpha value is -3.35. The maximum absolute atomic E-state index is 13.7. The van der Waals surface area contributed by atoms with Gasteiger partial charge in [-0.25, -0.2) is 14.0 Å². The van der Waals surface area contributed by atoms with E-state index < -0.39 is 28.2 Å². The van der Waals surface area contributed by atoms with Gasteiger partial charge in [-0.2, -0.15) is 8.78 Å². The van der Waals surface area contributed by atoms with Gasteiger partial charge in [0, 0.05) is 32.1 Å². The van der Waals surface area contributed by atoms with E-state index in [1.54, 1.807) is 24.3 Å². The van der Waals surface area contributed by atoms with Gasteiger partial charge in [-0.15, -0.1) is 0 Å². The zero-order chi connectivity index (χ0) is 26.9. The molecule has 4 aromatic rings. The average molecular weight is 553 g/mol. The first kappa shape index (κ1) is 26.7. The van der Waals surface area contributed by atoms with Crippen molar-refractivity contribution in [3.63, 3.8) is 0 Å². The van der Waals surface area contributed by atoms with E-state index in [0.29, 0.717) is 17.5 Å². The summed E-state index contributed by atoms with van der Waals surface area (Å²) in [6.07, 6.45) is -3.26. The number of aromatic nitrogens is 4. The summed E-state index contributed by atoms with van der Waals surface area (Å²) in [5.41, 5.74) is -0.537. The summed E-state index contributed by atoms with van der Waals surface area (Å²) in [6.45, 7) is 0.408. The second kappa shape index (κ2) is 10.6. The minimum absolute atomic E-state index is 0.0139. The highest BCUT2D eigenvalue weighted by Crippen LogP contribution is 2.27. The lowest BCUT2D eigenvalue weighted by atomic mass is 10.2. The van der Waals surface area contributed by atoms with Crippen molar-refractivity contribution in [2.75, 3.05) is 6.61 Å². The number of ether oxygens (including phenoxy) is 1. The van der Waals surface area contributed by atoms with Crippen molar-refractivity contribution in [2.45, 2.75) is 42.6 Å².